The molecule has 1 saturated carbocycles. The average Bonchev–Trinajstić information content (AvgIpc) is 2.42. The van der Waals surface area contributed by atoms with Crippen LogP contribution in [0.15, 0.2) is 18.3 Å². The van der Waals surface area contributed by atoms with Crippen molar-refractivity contribution in [3.8, 4) is 0 Å². The van der Waals surface area contributed by atoms with Crippen LogP contribution in [0.5, 0.6) is 0 Å². The SMILES string of the molecule is NC1CCCCC1NC(=O)Nc1ccc(C(=O)O)nc1. The van der Waals surface area contributed by atoms with E-state index in [9.17, 15) is 9.59 Å². The first-order valence-electron chi connectivity index (χ1n) is 6.58. The lowest BCUT2D eigenvalue weighted by Crippen LogP contribution is -2.50. The van der Waals surface area contributed by atoms with Crippen LogP contribution in [0, 0.1) is 0 Å². The minimum absolute atomic E-state index is 0.0120. The van der Waals surface area contributed by atoms with Crippen molar-refractivity contribution in [3.05, 3.63) is 24.0 Å². The normalized spacial score (nSPS) is 22.1. The van der Waals surface area contributed by atoms with Gasteiger partial charge in [-0.2, -0.15) is 0 Å². The number of hydrogen-bond acceptors (Lipinski definition) is 4. The molecule has 5 N–H and O–H groups in total. The van der Waals surface area contributed by atoms with E-state index in [0.717, 1.165) is 25.7 Å². The summed E-state index contributed by atoms with van der Waals surface area (Å²) in [6.07, 6.45) is 5.27. The number of carboxylic acid groups (broad SMARTS) is 1. The van der Waals surface area contributed by atoms with Gasteiger partial charge in [-0.3, -0.25) is 0 Å². The van der Waals surface area contributed by atoms with E-state index in [1.165, 1.54) is 18.3 Å². The van der Waals surface area contributed by atoms with Crippen molar-refractivity contribution in [2.24, 2.45) is 5.73 Å². The maximum atomic E-state index is 11.8. The number of aromatic carboxylic acids is 1. The fourth-order valence-corrected chi connectivity index (χ4v) is 2.27. The molecule has 0 aliphatic heterocycles. The fourth-order valence-electron chi connectivity index (χ4n) is 2.27. The van der Waals surface area contributed by atoms with Crippen molar-refractivity contribution in [3.63, 3.8) is 0 Å². The Bertz CT molecular complexity index is 489. The van der Waals surface area contributed by atoms with Crippen LogP contribution in [0.2, 0.25) is 0 Å². The first-order chi connectivity index (χ1) is 9.56. The molecule has 20 heavy (non-hydrogen) atoms. The van der Waals surface area contributed by atoms with Crippen LogP contribution in [0.25, 0.3) is 0 Å². The number of nitrogens with one attached hydrogen (secondary N) is 2. The third kappa shape index (κ3) is 3.67. The van der Waals surface area contributed by atoms with E-state index in [0.29, 0.717) is 5.69 Å². The zero-order valence-corrected chi connectivity index (χ0v) is 11.0. The molecular weight excluding hydrogens is 260 g/mol. The van der Waals surface area contributed by atoms with Gasteiger partial charge in [0.1, 0.15) is 5.69 Å². The van der Waals surface area contributed by atoms with Gasteiger partial charge in [0.25, 0.3) is 0 Å². The molecule has 1 aromatic heterocycles. The smallest absolute Gasteiger partial charge is 0.354 e. The van der Waals surface area contributed by atoms with Crippen molar-refractivity contribution in [1.82, 2.24) is 10.3 Å². The number of hydrogen-bond donors (Lipinski definition) is 4. The number of carbonyl (C=O) groups is 2. The van der Waals surface area contributed by atoms with Gasteiger partial charge < -0.3 is 21.5 Å². The van der Waals surface area contributed by atoms with Crippen LogP contribution in [0.1, 0.15) is 36.2 Å². The summed E-state index contributed by atoms with van der Waals surface area (Å²) in [6.45, 7) is 0. The highest BCUT2D eigenvalue weighted by atomic mass is 16.4. The zero-order chi connectivity index (χ0) is 14.5. The van der Waals surface area contributed by atoms with Gasteiger partial charge in [-0.15, -0.1) is 0 Å². The lowest BCUT2D eigenvalue weighted by molar-refractivity contribution is 0.0690. The van der Waals surface area contributed by atoms with E-state index in [2.05, 4.69) is 15.6 Å². The van der Waals surface area contributed by atoms with Gasteiger partial charge in [0.2, 0.25) is 0 Å². The van der Waals surface area contributed by atoms with E-state index >= 15 is 0 Å². The van der Waals surface area contributed by atoms with Crippen LogP contribution >= 0.6 is 0 Å². The van der Waals surface area contributed by atoms with Crippen LogP contribution in [-0.4, -0.2) is 34.2 Å². The standard InChI is InChI=1S/C13H18N4O3/c14-9-3-1-2-4-10(9)17-13(20)16-8-5-6-11(12(18)19)15-7-8/h5-7,9-10H,1-4,14H2,(H,18,19)(H2,16,17,20). The van der Waals surface area contributed by atoms with Crippen molar-refractivity contribution in [2.45, 2.75) is 37.8 Å². The van der Waals surface area contributed by atoms with Gasteiger partial charge in [0, 0.05) is 12.1 Å². The molecule has 7 heteroatoms. The summed E-state index contributed by atoms with van der Waals surface area (Å²) >= 11 is 0. The van der Waals surface area contributed by atoms with Crippen LogP contribution in [0.3, 0.4) is 0 Å². The summed E-state index contributed by atoms with van der Waals surface area (Å²) in [4.78, 5) is 26.2. The van der Waals surface area contributed by atoms with Crippen LogP contribution < -0.4 is 16.4 Å². The van der Waals surface area contributed by atoms with Gasteiger partial charge in [-0.25, -0.2) is 14.6 Å². The molecule has 2 unspecified atom stereocenters. The minimum Gasteiger partial charge on any atom is -0.477 e. The first kappa shape index (κ1) is 14.3. The molecular formula is C13H18N4O3. The third-order valence-electron chi connectivity index (χ3n) is 3.38. The molecule has 1 heterocycles. The quantitative estimate of drug-likeness (QED) is 0.662. The summed E-state index contributed by atoms with van der Waals surface area (Å²) in [7, 11) is 0. The van der Waals surface area contributed by atoms with Crippen molar-refractivity contribution < 1.29 is 14.7 Å². The highest BCUT2D eigenvalue weighted by molar-refractivity contribution is 5.90. The molecule has 2 rings (SSSR count). The molecule has 0 aromatic carbocycles. The number of nitrogens with two attached hydrogens (primary N) is 1. The summed E-state index contributed by atoms with van der Waals surface area (Å²) in [5.74, 6) is -1.10. The van der Waals surface area contributed by atoms with Crippen molar-refractivity contribution in [1.29, 1.82) is 0 Å². The monoisotopic (exact) mass is 278 g/mol. The lowest BCUT2D eigenvalue weighted by Gasteiger charge is -2.29. The summed E-state index contributed by atoms with van der Waals surface area (Å²) in [5, 5.41) is 14.2. The highest BCUT2D eigenvalue weighted by Gasteiger charge is 2.23. The number of anilines is 1. The predicted octanol–water partition coefficient (Wildman–Crippen LogP) is 1.17. The molecule has 2 atom stereocenters. The molecule has 1 aromatic rings. The maximum Gasteiger partial charge on any atom is 0.354 e. The summed E-state index contributed by atoms with van der Waals surface area (Å²) < 4.78 is 0. The number of carbonyl (C=O) groups excluding carboxylic acids is 1. The summed E-state index contributed by atoms with van der Waals surface area (Å²) in [5.41, 5.74) is 6.33. The second kappa shape index (κ2) is 6.33. The summed E-state index contributed by atoms with van der Waals surface area (Å²) in [6, 6.07) is 2.45. The lowest BCUT2D eigenvalue weighted by atomic mass is 9.91. The number of urea groups is 1. The Kier molecular flexibility index (Phi) is 4.52. The van der Waals surface area contributed by atoms with Crippen LogP contribution in [-0.2, 0) is 0 Å². The number of rotatable bonds is 3. The van der Waals surface area contributed by atoms with Gasteiger partial charge >= 0.3 is 12.0 Å². The number of nitrogens with zero attached hydrogens (tertiary/aromatic N) is 1. The van der Waals surface area contributed by atoms with E-state index in [-0.39, 0.29) is 23.8 Å². The molecule has 1 aliphatic carbocycles. The van der Waals surface area contributed by atoms with Crippen molar-refractivity contribution >= 4 is 17.7 Å². The van der Waals surface area contributed by atoms with Crippen molar-refractivity contribution in [2.75, 3.05) is 5.32 Å². The van der Waals surface area contributed by atoms with E-state index in [4.69, 9.17) is 10.8 Å². The number of amides is 2. The first-order valence-corrected chi connectivity index (χ1v) is 6.58. The van der Waals surface area contributed by atoms with Crippen LogP contribution in [0.4, 0.5) is 10.5 Å². The van der Waals surface area contributed by atoms with E-state index in [1.54, 1.807) is 0 Å². The van der Waals surface area contributed by atoms with Gasteiger partial charge in [0.15, 0.2) is 0 Å². The number of carboxylic acids is 1. The Balaban J connectivity index is 1.89. The Morgan fingerprint density at radius 1 is 1.30 bits per heavy atom. The second-order valence-corrected chi connectivity index (χ2v) is 4.89. The largest absolute Gasteiger partial charge is 0.477 e. The molecule has 1 fully saturated rings. The molecule has 2 amide bonds. The Morgan fingerprint density at radius 3 is 2.65 bits per heavy atom. The predicted molar refractivity (Wildman–Crippen MR) is 73.6 cm³/mol. The Hall–Kier alpha value is -2.15. The topological polar surface area (TPSA) is 117 Å². The molecule has 1 aliphatic rings. The molecule has 108 valence electrons. The van der Waals surface area contributed by atoms with Gasteiger partial charge in [-0.05, 0) is 25.0 Å². The Morgan fingerprint density at radius 2 is 2.05 bits per heavy atom. The van der Waals surface area contributed by atoms with Gasteiger partial charge in [0.05, 0.1) is 11.9 Å². The molecule has 0 bridgehead atoms. The average molecular weight is 278 g/mol. The fraction of sp³-hybridized carbons (Fsp3) is 0.462. The Labute approximate surface area is 116 Å². The molecule has 0 radical (unpaired) electrons. The minimum atomic E-state index is -1.10. The number of pyridine rings is 1. The number of aromatic nitrogens is 1. The maximum absolute atomic E-state index is 11.8. The second-order valence-electron chi connectivity index (χ2n) is 4.89. The molecule has 7 nitrogen and oxygen atoms in total. The van der Waals surface area contributed by atoms with E-state index in [1.807, 2.05) is 0 Å². The van der Waals surface area contributed by atoms with E-state index < -0.39 is 5.97 Å². The molecule has 0 spiro atoms. The zero-order valence-electron chi connectivity index (χ0n) is 11.0. The van der Waals surface area contributed by atoms with Gasteiger partial charge in [-0.1, -0.05) is 12.8 Å². The highest BCUT2D eigenvalue weighted by Crippen LogP contribution is 2.17. The third-order valence-corrected chi connectivity index (χ3v) is 3.38. The molecule has 0 saturated heterocycles.